The number of aliphatic hydroxyl groups excluding tert-OH is 2. The lowest BCUT2D eigenvalue weighted by Gasteiger charge is -2.15. The molecule has 0 amide bonds. The smallest absolute Gasteiger partial charge is 0.175 e. The molecule has 0 spiro atoms. The third-order valence-corrected chi connectivity index (χ3v) is 9.85. The summed E-state index contributed by atoms with van der Waals surface area (Å²) in [5.41, 5.74) is 6.27. The Balaban J connectivity index is 0.000000189. The Morgan fingerprint density at radius 1 is 0.765 bits per heavy atom. The molecular weight excluding hydrogens is 711 g/mol. The fraction of sp³-hybridized carbons (Fsp3) is 0.351. The highest BCUT2D eigenvalue weighted by atomic mass is 35.5. The van der Waals surface area contributed by atoms with Gasteiger partial charge in [-0.2, -0.15) is 5.10 Å². The fourth-order valence-corrected chi connectivity index (χ4v) is 6.94. The van der Waals surface area contributed by atoms with Crippen molar-refractivity contribution >= 4 is 57.5 Å². The van der Waals surface area contributed by atoms with Crippen LogP contribution in [0.3, 0.4) is 0 Å². The summed E-state index contributed by atoms with van der Waals surface area (Å²) in [6.45, 7) is 4.09. The van der Waals surface area contributed by atoms with Gasteiger partial charge in [-0.25, -0.2) is 9.97 Å². The summed E-state index contributed by atoms with van der Waals surface area (Å²) < 4.78 is 0. The first kappa shape index (κ1) is 40.1. The minimum atomic E-state index is -0.271. The van der Waals surface area contributed by atoms with E-state index in [1.807, 2.05) is 24.4 Å². The number of benzene rings is 2. The number of fused-ring (bicyclic) bond motifs is 2. The second-order valence-corrected chi connectivity index (χ2v) is 13.4. The van der Waals surface area contributed by atoms with Crippen LogP contribution in [0.2, 0.25) is 10.3 Å². The maximum atomic E-state index is 10.4. The zero-order chi connectivity index (χ0) is 34.0. The van der Waals surface area contributed by atoms with Gasteiger partial charge in [0.25, 0.3) is 0 Å². The molecule has 0 radical (unpaired) electrons. The summed E-state index contributed by atoms with van der Waals surface area (Å²) in [6, 6.07) is 22.8. The molecule has 2 aliphatic rings. The van der Waals surface area contributed by atoms with Crippen molar-refractivity contribution in [1.29, 1.82) is 0 Å². The number of β-amino-alcohol motifs (C(OH)–C–C–N with tert-alkyl or cyclic N) is 2. The number of halogens is 3. The molecule has 0 unspecified atom stereocenters. The molecule has 8 rings (SSSR count). The molecule has 4 aromatic heterocycles. The average Bonchev–Trinajstić information content (AvgIpc) is 3.93. The van der Waals surface area contributed by atoms with E-state index in [1.165, 1.54) is 17.5 Å². The standard InChI is InChI=1S/C19H21ClN4O.C12H17NO.C6H4ClN3.ClH.H2O/c20-19-18-17(22-12-23-19)15(8-21-18)10-24-9-14(16(25)11-24)7-6-13-4-2-1-3-5-13;14-12-9-13-8-11(12)7-6-10-4-2-1-3-5-10;7-6-5-4(1-2-8-5)3-9-10-6;;/h1-5,8,12,14,16,21,25H,6-7,9-11H2;1-5,11-14H,6-9H2;1-3,8H;1H;1H2/t14-,16-;11-,12-;;;/m00.../s1. The summed E-state index contributed by atoms with van der Waals surface area (Å²) in [5, 5.41) is 32.4. The maximum absolute atomic E-state index is 10.4. The fourth-order valence-electron chi connectivity index (χ4n) is 6.55. The Labute approximate surface area is 313 Å². The quantitative estimate of drug-likeness (QED) is 0.128. The molecule has 2 saturated heterocycles. The predicted octanol–water partition coefficient (Wildman–Crippen LogP) is 5.44. The van der Waals surface area contributed by atoms with Crippen LogP contribution in [0.15, 0.2) is 91.6 Å². The molecule has 2 aromatic carbocycles. The van der Waals surface area contributed by atoms with Gasteiger partial charge in [0, 0.05) is 56.1 Å². The van der Waals surface area contributed by atoms with Crippen LogP contribution < -0.4 is 5.32 Å². The minimum Gasteiger partial charge on any atom is -0.412 e. The molecule has 7 N–H and O–H groups in total. The third-order valence-electron chi connectivity index (χ3n) is 9.30. The molecular formula is C37H45Cl3N8O3. The number of aryl methyl sites for hydroxylation is 2. The van der Waals surface area contributed by atoms with Crippen LogP contribution in [-0.4, -0.2) is 89.1 Å². The number of aliphatic hydroxyl groups is 2. The van der Waals surface area contributed by atoms with E-state index in [0.29, 0.717) is 28.7 Å². The van der Waals surface area contributed by atoms with Gasteiger partial charge in [-0.05, 0) is 54.7 Å². The van der Waals surface area contributed by atoms with Gasteiger partial charge in [-0.1, -0.05) is 83.9 Å². The average molecular weight is 756 g/mol. The van der Waals surface area contributed by atoms with Crippen LogP contribution in [0, 0.1) is 11.8 Å². The number of hydrogen-bond acceptors (Lipinski definition) is 8. The van der Waals surface area contributed by atoms with Crippen molar-refractivity contribution < 1.29 is 15.7 Å². The van der Waals surface area contributed by atoms with Gasteiger partial charge in [0.15, 0.2) is 10.3 Å². The summed E-state index contributed by atoms with van der Waals surface area (Å²) in [7, 11) is 0. The molecule has 0 bridgehead atoms. The van der Waals surface area contributed by atoms with Crippen molar-refractivity contribution in [1.82, 2.24) is 40.3 Å². The van der Waals surface area contributed by atoms with E-state index < -0.39 is 0 Å². The van der Waals surface area contributed by atoms with E-state index in [4.69, 9.17) is 23.2 Å². The summed E-state index contributed by atoms with van der Waals surface area (Å²) >= 11 is 11.8. The van der Waals surface area contributed by atoms with E-state index >= 15 is 0 Å². The highest BCUT2D eigenvalue weighted by Crippen LogP contribution is 2.27. The molecule has 51 heavy (non-hydrogen) atoms. The molecule has 0 aliphatic carbocycles. The van der Waals surface area contributed by atoms with Gasteiger partial charge in [0.1, 0.15) is 11.8 Å². The number of H-pyrrole nitrogens is 2. The number of rotatable bonds is 8. The zero-order valence-corrected chi connectivity index (χ0v) is 30.5. The van der Waals surface area contributed by atoms with Crippen LogP contribution in [0.5, 0.6) is 0 Å². The molecule has 4 atom stereocenters. The van der Waals surface area contributed by atoms with Crippen molar-refractivity contribution in [3.8, 4) is 0 Å². The molecule has 6 aromatic rings. The van der Waals surface area contributed by atoms with E-state index in [0.717, 1.165) is 79.4 Å². The predicted molar refractivity (Wildman–Crippen MR) is 205 cm³/mol. The lowest BCUT2D eigenvalue weighted by Crippen LogP contribution is -2.21. The Hall–Kier alpha value is -3.65. The highest BCUT2D eigenvalue weighted by molar-refractivity contribution is 6.34. The van der Waals surface area contributed by atoms with Gasteiger partial charge < -0.3 is 31.0 Å². The number of nitrogens with one attached hydrogen (secondary N) is 3. The lowest BCUT2D eigenvalue weighted by molar-refractivity contribution is 0.137. The Bertz CT molecular complexity index is 1900. The second kappa shape index (κ2) is 19.8. The molecule has 11 nitrogen and oxygen atoms in total. The van der Waals surface area contributed by atoms with Gasteiger partial charge >= 0.3 is 0 Å². The minimum absolute atomic E-state index is 0. The number of aromatic nitrogens is 6. The molecule has 2 aliphatic heterocycles. The highest BCUT2D eigenvalue weighted by Gasteiger charge is 2.31. The van der Waals surface area contributed by atoms with E-state index in [9.17, 15) is 10.2 Å². The summed E-state index contributed by atoms with van der Waals surface area (Å²) in [6.07, 6.45) is 10.7. The molecule has 6 heterocycles. The summed E-state index contributed by atoms with van der Waals surface area (Å²) in [5.74, 6) is 0.749. The van der Waals surface area contributed by atoms with E-state index in [-0.39, 0.29) is 30.1 Å². The van der Waals surface area contributed by atoms with Gasteiger partial charge in [-0.3, -0.25) is 4.90 Å². The lowest BCUT2D eigenvalue weighted by atomic mass is 9.97. The topological polar surface area (TPSA) is 170 Å². The van der Waals surface area contributed by atoms with Crippen LogP contribution in [-0.2, 0) is 19.4 Å². The Morgan fingerprint density at radius 3 is 2.10 bits per heavy atom. The van der Waals surface area contributed by atoms with Crippen LogP contribution in [0.4, 0.5) is 0 Å². The van der Waals surface area contributed by atoms with E-state index in [2.05, 4.69) is 88.9 Å². The first-order valence-corrected chi connectivity index (χ1v) is 17.5. The van der Waals surface area contributed by atoms with Crippen LogP contribution >= 0.6 is 35.6 Å². The van der Waals surface area contributed by atoms with Gasteiger partial charge in [0.2, 0.25) is 0 Å². The van der Waals surface area contributed by atoms with Crippen molar-refractivity contribution in [2.45, 2.75) is 44.4 Å². The molecule has 0 saturated carbocycles. The number of nitrogens with zero attached hydrogens (tertiary/aromatic N) is 5. The Kier molecular flexibility index (Phi) is 15.6. The second-order valence-electron chi connectivity index (χ2n) is 12.7. The largest absolute Gasteiger partial charge is 0.412 e. The van der Waals surface area contributed by atoms with Crippen molar-refractivity contribution in [3.63, 3.8) is 0 Å². The van der Waals surface area contributed by atoms with Crippen LogP contribution in [0.25, 0.3) is 21.9 Å². The Morgan fingerprint density at radius 2 is 1.45 bits per heavy atom. The number of aromatic amines is 2. The monoisotopic (exact) mass is 754 g/mol. The van der Waals surface area contributed by atoms with Crippen LogP contribution in [0.1, 0.15) is 29.5 Å². The first-order chi connectivity index (χ1) is 23.9. The van der Waals surface area contributed by atoms with E-state index in [1.54, 1.807) is 12.4 Å². The zero-order valence-electron chi connectivity index (χ0n) is 28.1. The normalized spacial score (nSPS) is 19.8. The van der Waals surface area contributed by atoms with Crippen molar-refractivity contribution in [2.24, 2.45) is 11.8 Å². The number of likely N-dealkylation sites (tertiary alicyclic amines) is 1. The molecule has 272 valence electrons. The summed E-state index contributed by atoms with van der Waals surface area (Å²) in [4.78, 5) is 16.7. The first-order valence-electron chi connectivity index (χ1n) is 16.7. The van der Waals surface area contributed by atoms with Gasteiger partial charge in [0.05, 0.1) is 29.4 Å². The number of hydrogen-bond donors (Lipinski definition) is 5. The third kappa shape index (κ3) is 10.9. The molecule has 14 heteroatoms. The molecule has 2 fully saturated rings. The maximum Gasteiger partial charge on any atom is 0.175 e. The SMILES string of the molecule is Cl.Clc1nncc2cc[nH]c12.O.O[C@H]1CN(Cc2c[nH]c3c(Cl)ncnc23)C[C@@H]1CCc1ccccc1.O[C@H]1CNC[C@@H]1CCc1ccccc1. The van der Waals surface area contributed by atoms with Gasteiger partial charge in [-0.15, -0.1) is 17.5 Å². The van der Waals surface area contributed by atoms with Crippen molar-refractivity contribution in [3.05, 3.63) is 119 Å². The van der Waals surface area contributed by atoms with Crippen molar-refractivity contribution in [2.75, 3.05) is 26.2 Å².